The van der Waals surface area contributed by atoms with Gasteiger partial charge in [0.05, 0.1) is 11.0 Å². The molecule has 3 rings (SSSR count). The van der Waals surface area contributed by atoms with E-state index in [4.69, 9.17) is 23.8 Å². The number of hydrogen-bond donors (Lipinski definition) is 2. The molecule has 0 aromatic heterocycles. The van der Waals surface area contributed by atoms with Crippen molar-refractivity contribution in [3.05, 3.63) is 76.8 Å². The third-order valence-corrected chi connectivity index (χ3v) is 4.20. The van der Waals surface area contributed by atoms with Crippen LogP contribution in [0.1, 0.15) is 20.7 Å². The molecule has 1 amide bonds. The van der Waals surface area contributed by atoms with Crippen molar-refractivity contribution < 1.29 is 14.7 Å². The second-order valence-electron chi connectivity index (χ2n) is 5.45. The highest BCUT2D eigenvalue weighted by Gasteiger charge is 2.10. The average molecular weight is 384 g/mol. The van der Waals surface area contributed by atoms with Gasteiger partial charge in [-0.15, -0.1) is 0 Å². The zero-order valence-corrected chi connectivity index (χ0v) is 14.9. The first-order chi connectivity index (χ1) is 12.4. The zero-order valence-electron chi connectivity index (χ0n) is 13.3. The summed E-state index contributed by atoms with van der Waals surface area (Å²) in [6.07, 6.45) is 0. The standard InChI is InChI=1S/C19H13ClN2O3S/c20-16-10-14(7-8-15(16)18(24)25)21-19(26)22-17(23)13-6-5-11-3-1-2-4-12(11)9-13/h1-10H,(H,24,25)(H2,21,22,23,26)/p-1. The molecule has 0 saturated heterocycles. The molecule has 2 N–H and O–H groups in total. The van der Waals surface area contributed by atoms with Crippen LogP contribution in [0, 0.1) is 0 Å². The van der Waals surface area contributed by atoms with Crippen molar-refractivity contribution in [1.82, 2.24) is 5.32 Å². The predicted octanol–water partition coefficient (Wildman–Crippen LogP) is 2.98. The highest BCUT2D eigenvalue weighted by Crippen LogP contribution is 2.20. The Labute approximate surface area is 159 Å². The SMILES string of the molecule is O=C(NC(=S)Nc1ccc(C(=O)[O-])c(Cl)c1)c1ccc2ccccc2c1. The second kappa shape index (κ2) is 7.51. The minimum Gasteiger partial charge on any atom is -0.545 e. The van der Waals surface area contributed by atoms with Crippen LogP contribution in [0.25, 0.3) is 10.8 Å². The molecule has 0 aliphatic carbocycles. The molecule has 0 unspecified atom stereocenters. The molecule has 0 aliphatic rings. The number of anilines is 1. The zero-order chi connectivity index (χ0) is 18.7. The summed E-state index contributed by atoms with van der Waals surface area (Å²) in [5.74, 6) is -1.72. The largest absolute Gasteiger partial charge is 0.545 e. The van der Waals surface area contributed by atoms with Crippen LogP contribution in [0.3, 0.4) is 0 Å². The molecule has 3 aromatic carbocycles. The van der Waals surface area contributed by atoms with Crippen molar-refractivity contribution in [2.75, 3.05) is 5.32 Å². The number of carbonyl (C=O) groups excluding carboxylic acids is 2. The number of carboxylic acids is 1. The topological polar surface area (TPSA) is 81.3 Å². The molecule has 7 heteroatoms. The number of carboxylic acid groups (broad SMARTS) is 1. The lowest BCUT2D eigenvalue weighted by molar-refractivity contribution is -0.255. The molecule has 130 valence electrons. The highest BCUT2D eigenvalue weighted by atomic mass is 35.5. The quantitative estimate of drug-likeness (QED) is 0.679. The smallest absolute Gasteiger partial charge is 0.257 e. The fourth-order valence-corrected chi connectivity index (χ4v) is 2.89. The van der Waals surface area contributed by atoms with E-state index >= 15 is 0 Å². The molecule has 0 bridgehead atoms. The lowest BCUT2D eigenvalue weighted by Crippen LogP contribution is -2.34. The summed E-state index contributed by atoms with van der Waals surface area (Å²) in [5, 5.41) is 18.3. The molecule has 0 fully saturated rings. The fraction of sp³-hybridized carbons (Fsp3) is 0. The molecule has 0 spiro atoms. The third-order valence-electron chi connectivity index (χ3n) is 3.69. The number of carbonyl (C=O) groups is 2. The van der Waals surface area contributed by atoms with Crippen molar-refractivity contribution in [3.8, 4) is 0 Å². The van der Waals surface area contributed by atoms with E-state index in [1.165, 1.54) is 18.2 Å². The van der Waals surface area contributed by atoms with Gasteiger partial charge in [-0.2, -0.15) is 0 Å². The number of rotatable bonds is 3. The second-order valence-corrected chi connectivity index (χ2v) is 6.27. The Morgan fingerprint density at radius 2 is 1.69 bits per heavy atom. The molecule has 0 aliphatic heterocycles. The fourth-order valence-electron chi connectivity index (χ4n) is 2.43. The van der Waals surface area contributed by atoms with E-state index in [1.54, 1.807) is 12.1 Å². The van der Waals surface area contributed by atoms with Gasteiger partial charge in [-0.25, -0.2) is 0 Å². The first-order valence-electron chi connectivity index (χ1n) is 7.56. The van der Waals surface area contributed by atoms with Crippen LogP contribution in [0.5, 0.6) is 0 Å². The number of fused-ring (bicyclic) bond motifs is 1. The van der Waals surface area contributed by atoms with Gasteiger partial charge < -0.3 is 15.2 Å². The van der Waals surface area contributed by atoms with E-state index in [9.17, 15) is 14.7 Å². The Balaban J connectivity index is 1.69. The van der Waals surface area contributed by atoms with Gasteiger partial charge >= 0.3 is 0 Å². The maximum atomic E-state index is 12.3. The predicted molar refractivity (Wildman–Crippen MR) is 103 cm³/mol. The minimum atomic E-state index is -1.37. The summed E-state index contributed by atoms with van der Waals surface area (Å²) in [6, 6.07) is 17.2. The lowest BCUT2D eigenvalue weighted by atomic mass is 10.1. The molecule has 0 saturated carbocycles. The van der Waals surface area contributed by atoms with E-state index in [0.717, 1.165) is 10.8 Å². The van der Waals surface area contributed by atoms with E-state index in [2.05, 4.69) is 10.6 Å². The highest BCUT2D eigenvalue weighted by molar-refractivity contribution is 7.80. The molecule has 26 heavy (non-hydrogen) atoms. The van der Waals surface area contributed by atoms with Crippen LogP contribution in [0.2, 0.25) is 5.02 Å². The normalized spacial score (nSPS) is 10.3. The Bertz CT molecular complexity index is 1040. The molecule has 0 heterocycles. The minimum absolute atomic E-state index is 0.0126. The number of benzene rings is 3. The first kappa shape index (κ1) is 17.8. The van der Waals surface area contributed by atoms with Crippen LogP contribution >= 0.6 is 23.8 Å². The molecule has 5 nitrogen and oxygen atoms in total. The summed E-state index contributed by atoms with van der Waals surface area (Å²) >= 11 is 11.0. The maximum Gasteiger partial charge on any atom is 0.257 e. The Hall–Kier alpha value is -2.96. The Kier molecular flexibility index (Phi) is 5.16. The number of thiocarbonyl (C=S) groups is 1. The van der Waals surface area contributed by atoms with E-state index in [1.807, 2.05) is 30.3 Å². The van der Waals surface area contributed by atoms with Gasteiger partial charge in [-0.3, -0.25) is 10.1 Å². The van der Waals surface area contributed by atoms with Gasteiger partial charge in [0, 0.05) is 16.8 Å². The number of halogens is 1. The van der Waals surface area contributed by atoms with E-state index < -0.39 is 5.97 Å². The van der Waals surface area contributed by atoms with Crippen molar-refractivity contribution in [1.29, 1.82) is 0 Å². The molecule has 0 atom stereocenters. The Morgan fingerprint density at radius 3 is 2.38 bits per heavy atom. The van der Waals surface area contributed by atoms with Crippen molar-refractivity contribution in [2.24, 2.45) is 0 Å². The van der Waals surface area contributed by atoms with Gasteiger partial charge in [0.25, 0.3) is 5.91 Å². The van der Waals surface area contributed by atoms with Gasteiger partial charge in [0.2, 0.25) is 0 Å². The first-order valence-corrected chi connectivity index (χ1v) is 8.35. The third kappa shape index (κ3) is 3.99. The van der Waals surface area contributed by atoms with Gasteiger partial charge in [-0.05, 0) is 53.3 Å². The summed E-state index contributed by atoms with van der Waals surface area (Å²) < 4.78 is 0. The summed E-state index contributed by atoms with van der Waals surface area (Å²) in [5.41, 5.74) is 0.797. The lowest BCUT2D eigenvalue weighted by Gasteiger charge is -2.12. The molecule has 0 radical (unpaired) electrons. The summed E-state index contributed by atoms with van der Waals surface area (Å²) in [6.45, 7) is 0. The molecular formula is C19H12ClN2O3S-. The number of hydrogen-bond acceptors (Lipinski definition) is 4. The van der Waals surface area contributed by atoms with Crippen molar-refractivity contribution >= 4 is 57.3 Å². The maximum absolute atomic E-state index is 12.3. The number of nitrogens with one attached hydrogen (secondary N) is 2. The Morgan fingerprint density at radius 1 is 0.962 bits per heavy atom. The molecular weight excluding hydrogens is 372 g/mol. The van der Waals surface area contributed by atoms with E-state index in [-0.39, 0.29) is 21.6 Å². The monoisotopic (exact) mass is 383 g/mol. The van der Waals surface area contributed by atoms with Crippen molar-refractivity contribution in [3.63, 3.8) is 0 Å². The summed E-state index contributed by atoms with van der Waals surface area (Å²) in [7, 11) is 0. The molecule has 3 aromatic rings. The van der Waals surface area contributed by atoms with Crippen LogP contribution in [-0.2, 0) is 0 Å². The van der Waals surface area contributed by atoms with Crippen LogP contribution in [0.15, 0.2) is 60.7 Å². The summed E-state index contributed by atoms with van der Waals surface area (Å²) in [4.78, 5) is 23.2. The number of amides is 1. The number of aromatic carboxylic acids is 1. The van der Waals surface area contributed by atoms with E-state index in [0.29, 0.717) is 11.3 Å². The van der Waals surface area contributed by atoms with Gasteiger partial charge in [-0.1, -0.05) is 41.9 Å². The van der Waals surface area contributed by atoms with Crippen molar-refractivity contribution in [2.45, 2.75) is 0 Å². The average Bonchev–Trinajstić information content (AvgIpc) is 2.60. The van der Waals surface area contributed by atoms with Gasteiger partial charge in [0.15, 0.2) is 5.11 Å². The van der Waals surface area contributed by atoms with Gasteiger partial charge in [0.1, 0.15) is 0 Å². The van der Waals surface area contributed by atoms with Crippen LogP contribution in [-0.4, -0.2) is 17.0 Å². The van der Waals surface area contributed by atoms with Crippen LogP contribution in [0.4, 0.5) is 5.69 Å². The van der Waals surface area contributed by atoms with Crippen LogP contribution < -0.4 is 15.7 Å².